The second-order valence-corrected chi connectivity index (χ2v) is 7.51. The van der Waals surface area contributed by atoms with Gasteiger partial charge in [0.2, 0.25) is 0 Å². The number of rotatable bonds is 4. The van der Waals surface area contributed by atoms with Crippen molar-refractivity contribution >= 4 is 18.5 Å². The molecule has 1 fully saturated rings. The van der Waals surface area contributed by atoms with Gasteiger partial charge >= 0.3 is 12.4 Å². The highest BCUT2D eigenvalue weighted by atomic mass is 32.5. The van der Waals surface area contributed by atoms with Gasteiger partial charge in [-0.15, -0.1) is 0 Å². The van der Waals surface area contributed by atoms with E-state index in [0.29, 0.717) is 12.0 Å². The molecule has 1 aliphatic rings. The van der Waals surface area contributed by atoms with Crippen LogP contribution in [0.3, 0.4) is 0 Å². The lowest BCUT2D eigenvalue weighted by Gasteiger charge is -2.19. The van der Waals surface area contributed by atoms with Gasteiger partial charge in [0.05, 0.1) is 12.2 Å². The maximum atomic E-state index is 11.8. The van der Waals surface area contributed by atoms with E-state index in [1.165, 1.54) is 10.8 Å². The Labute approximate surface area is 125 Å². The highest BCUT2D eigenvalue weighted by molar-refractivity contribution is 8.06. The highest BCUT2D eigenvalue weighted by Crippen LogP contribution is 2.44. The molecule has 1 aromatic heterocycles. The third-order valence-electron chi connectivity index (χ3n) is 3.31. The molecule has 118 valence electrons. The van der Waals surface area contributed by atoms with Gasteiger partial charge in [-0.1, -0.05) is 6.92 Å². The fourth-order valence-corrected chi connectivity index (χ4v) is 3.23. The fourth-order valence-electron chi connectivity index (χ4n) is 2.32. The Morgan fingerprint density at radius 3 is 2.81 bits per heavy atom. The molecule has 0 spiro atoms. The molecule has 1 aromatic rings. The van der Waals surface area contributed by atoms with Crippen LogP contribution in [0, 0.1) is 6.92 Å². The van der Waals surface area contributed by atoms with Crippen LogP contribution in [0.5, 0.6) is 0 Å². The molecule has 1 aliphatic heterocycles. The quantitative estimate of drug-likeness (QED) is 0.670. The molecule has 0 bridgehead atoms. The number of hydrogen-bond acceptors (Lipinski definition) is 5. The lowest BCUT2D eigenvalue weighted by atomic mass is 10.1. The first-order valence-corrected chi connectivity index (χ1v) is 9.05. The Morgan fingerprint density at radius 2 is 2.24 bits per heavy atom. The van der Waals surface area contributed by atoms with Crippen LogP contribution < -0.4 is 11.2 Å². The van der Waals surface area contributed by atoms with Crippen LogP contribution in [0.1, 0.15) is 31.6 Å². The molecule has 0 aromatic carbocycles. The van der Waals surface area contributed by atoms with E-state index >= 15 is 0 Å². The number of nitrogens with one attached hydrogen (secondary N) is 1. The van der Waals surface area contributed by atoms with E-state index in [9.17, 15) is 19.4 Å². The third-order valence-corrected chi connectivity index (χ3v) is 4.12. The van der Waals surface area contributed by atoms with Crippen molar-refractivity contribution in [3.05, 3.63) is 32.6 Å². The standard InChI is InChI=1S/C11H17N2O6PS/c1-3-7-8(19-20(16,17)21)4-9(18-7)13-5-6(2)10(14)12-11(13)15/h5,7-9H,3-4H2,1-2H3,(H,12,14,15)(H2,16,17,21)/t7-,8?,9-/m1/s1. The molecule has 0 radical (unpaired) electrons. The zero-order valence-electron chi connectivity index (χ0n) is 11.6. The fraction of sp³-hybridized carbons (Fsp3) is 0.636. The molecule has 0 aliphatic carbocycles. The third kappa shape index (κ3) is 3.88. The maximum absolute atomic E-state index is 11.8. The van der Waals surface area contributed by atoms with E-state index in [2.05, 4.69) is 16.8 Å². The van der Waals surface area contributed by atoms with Crippen molar-refractivity contribution in [1.29, 1.82) is 0 Å². The number of ether oxygens (including phenoxy) is 1. The number of aromatic amines is 1. The van der Waals surface area contributed by atoms with Crippen LogP contribution in [-0.2, 0) is 21.1 Å². The Kier molecular flexibility index (Phi) is 4.82. The number of aryl methyl sites for hydroxylation is 1. The number of hydrogen-bond donors (Lipinski definition) is 3. The lowest BCUT2D eigenvalue weighted by Crippen LogP contribution is -2.33. The van der Waals surface area contributed by atoms with E-state index in [-0.39, 0.29) is 6.42 Å². The Balaban J connectivity index is 2.27. The summed E-state index contributed by atoms with van der Waals surface area (Å²) in [5, 5.41) is 0. The smallest absolute Gasteiger partial charge is 0.330 e. The average molecular weight is 336 g/mol. The predicted octanol–water partition coefficient (Wildman–Crippen LogP) is 0.137. The molecule has 1 unspecified atom stereocenters. The molecule has 1 saturated heterocycles. The second kappa shape index (κ2) is 6.12. The van der Waals surface area contributed by atoms with Crippen molar-refractivity contribution in [1.82, 2.24) is 9.55 Å². The molecule has 21 heavy (non-hydrogen) atoms. The summed E-state index contributed by atoms with van der Waals surface area (Å²) in [6, 6.07) is 0. The summed E-state index contributed by atoms with van der Waals surface area (Å²) < 4.78 is 12.0. The zero-order chi connectivity index (χ0) is 15.8. The normalized spacial score (nSPS) is 26.2. The number of aromatic nitrogens is 2. The minimum absolute atomic E-state index is 0.239. The van der Waals surface area contributed by atoms with Crippen LogP contribution in [0.15, 0.2) is 15.8 Å². The molecule has 8 nitrogen and oxygen atoms in total. The Bertz CT molecular complexity index is 680. The van der Waals surface area contributed by atoms with Crippen molar-refractivity contribution in [2.24, 2.45) is 0 Å². The predicted molar refractivity (Wildman–Crippen MR) is 78.5 cm³/mol. The van der Waals surface area contributed by atoms with Crippen LogP contribution in [0.2, 0.25) is 0 Å². The van der Waals surface area contributed by atoms with Gasteiger partial charge in [-0.2, -0.15) is 0 Å². The molecule has 0 amide bonds. The van der Waals surface area contributed by atoms with Crippen molar-refractivity contribution in [2.75, 3.05) is 0 Å². The number of H-pyrrole nitrogens is 1. The summed E-state index contributed by atoms with van der Waals surface area (Å²) >= 11 is 4.47. The van der Waals surface area contributed by atoms with Gasteiger partial charge in [0.25, 0.3) is 5.56 Å². The van der Waals surface area contributed by atoms with Crippen molar-refractivity contribution < 1.29 is 19.0 Å². The van der Waals surface area contributed by atoms with Gasteiger partial charge in [-0.25, -0.2) is 4.79 Å². The van der Waals surface area contributed by atoms with Crippen molar-refractivity contribution in [3.63, 3.8) is 0 Å². The maximum Gasteiger partial charge on any atom is 0.330 e. The second-order valence-electron chi connectivity index (χ2n) is 4.89. The average Bonchev–Trinajstić information content (AvgIpc) is 2.74. The van der Waals surface area contributed by atoms with Crippen molar-refractivity contribution in [3.8, 4) is 0 Å². The van der Waals surface area contributed by atoms with E-state index < -0.39 is 36.4 Å². The Morgan fingerprint density at radius 1 is 1.57 bits per heavy atom. The van der Waals surface area contributed by atoms with Gasteiger partial charge in [0.1, 0.15) is 6.23 Å². The van der Waals surface area contributed by atoms with Gasteiger partial charge < -0.3 is 19.0 Å². The van der Waals surface area contributed by atoms with Crippen molar-refractivity contribution in [2.45, 2.75) is 45.1 Å². The summed E-state index contributed by atoms with van der Waals surface area (Å²) in [6.07, 6.45) is 0.548. The summed E-state index contributed by atoms with van der Waals surface area (Å²) in [5.41, 5.74) is -0.654. The van der Waals surface area contributed by atoms with Gasteiger partial charge in [0.15, 0.2) is 0 Å². The molecule has 2 heterocycles. The molecular weight excluding hydrogens is 319 g/mol. The monoisotopic (exact) mass is 336 g/mol. The van der Waals surface area contributed by atoms with Crippen LogP contribution >= 0.6 is 6.72 Å². The molecule has 3 atom stereocenters. The topological polar surface area (TPSA) is 114 Å². The minimum Gasteiger partial charge on any atom is -0.352 e. The van der Waals surface area contributed by atoms with Crippen LogP contribution in [0.4, 0.5) is 0 Å². The Hall–Kier alpha value is -0.830. The lowest BCUT2D eigenvalue weighted by molar-refractivity contribution is -0.0195. The minimum atomic E-state index is -3.80. The highest BCUT2D eigenvalue weighted by Gasteiger charge is 2.38. The first-order chi connectivity index (χ1) is 9.71. The molecule has 0 saturated carbocycles. The molecule has 2 rings (SSSR count). The summed E-state index contributed by atoms with van der Waals surface area (Å²) in [5.74, 6) is 0. The van der Waals surface area contributed by atoms with Gasteiger partial charge in [-0.3, -0.25) is 14.3 Å². The van der Waals surface area contributed by atoms with E-state index in [4.69, 9.17) is 9.26 Å². The van der Waals surface area contributed by atoms with Gasteiger partial charge in [0, 0.05) is 18.2 Å². The first-order valence-electron chi connectivity index (χ1n) is 6.42. The van der Waals surface area contributed by atoms with Crippen LogP contribution in [0.25, 0.3) is 0 Å². The number of nitrogens with zero attached hydrogens (tertiary/aromatic N) is 1. The first kappa shape index (κ1) is 16.5. The summed E-state index contributed by atoms with van der Waals surface area (Å²) in [6.45, 7) is -0.375. The zero-order valence-corrected chi connectivity index (χ0v) is 13.3. The van der Waals surface area contributed by atoms with E-state index in [1.54, 1.807) is 6.92 Å². The SMILES string of the molecule is CC[C@H]1O[C@@H](n2cc(C)c(=O)[nH]c2=O)CC1OP(O)(O)=S. The molecule has 3 N–H and O–H groups in total. The van der Waals surface area contributed by atoms with E-state index in [1.807, 2.05) is 6.92 Å². The van der Waals surface area contributed by atoms with Crippen LogP contribution in [-0.4, -0.2) is 31.5 Å². The van der Waals surface area contributed by atoms with E-state index in [0.717, 1.165) is 0 Å². The van der Waals surface area contributed by atoms with Gasteiger partial charge in [-0.05, 0) is 25.2 Å². The largest absolute Gasteiger partial charge is 0.352 e. The molecule has 10 heteroatoms. The molecular formula is C11H17N2O6PS. The summed E-state index contributed by atoms with van der Waals surface area (Å²) in [7, 11) is 0. The summed E-state index contributed by atoms with van der Waals surface area (Å²) in [4.78, 5) is 44.0.